The summed E-state index contributed by atoms with van der Waals surface area (Å²) in [6.07, 6.45) is 3.75. The van der Waals surface area contributed by atoms with Crippen LogP contribution in [0.15, 0.2) is 67.0 Å². The lowest BCUT2D eigenvalue weighted by Gasteiger charge is -2.10. The van der Waals surface area contributed by atoms with Crippen molar-refractivity contribution in [2.45, 2.75) is 6.92 Å². The third-order valence-corrected chi connectivity index (χ3v) is 3.58. The highest BCUT2D eigenvalue weighted by molar-refractivity contribution is 5.82. The van der Waals surface area contributed by atoms with E-state index in [0.29, 0.717) is 0 Å². The van der Waals surface area contributed by atoms with Gasteiger partial charge in [-0.15, -0.1) is 0 Å². The molecule has 3 rings (SSSR count). The van der Waals surface area contributed by atoms with Gasteiger partial charge in [0.05, 0.1) is 7.11 Å². The molecule has 0 aliphatic carbocycles. The molecule has 2 aromatic carbocycles. The summed E-state index contributed by atoms with van der Waals surface area (Å²) in [5.41, 5.74) is 5.92. The first-order chi connectivity index (χ1) is 10.3. The second-order valence-electron chi connectivity index (χ2n) is 5.02. The lowest BCUT2D eigenvalue weighted by molar-refractivity contribution is 0.415. The smallest absolute Gasteiger partial charge is 0.118 e. The second kappa shape index (κ2) is 5.80. The van der Waals surface area contributed by atoms with Crippen molar-refractivity contribution in [3.05, 3.63) is 72.6 Å². The molecule has 0 aliphatic rings. The van der Waals surface area contributed by atoms with Crippen LogP contribution in [-0.4, -0.2) is 12.1 Å². The van der Waals surface area contributed by atoms with Crippen molar-refractivity contribution < 1.29 is 4.74 Å². The van der Waals surface area contributed by atoms with Crippen molar-refractivity contribution in [3.8, 4) is 28.0 Å². The third kappa shape index (κ3) is 2.79. The molecule has 0 N–H and O–H groups in total. The van der Waals surface area contributed by atoms with Crippen LogP contribution < -0.4 is 4.74 Å². The number of methoxy groups -OCH3 is 1. The number of ether oxygens (including phenoxy) is 1. The first-order valence-electron chi connectivity index (χ1n) is 6.93. The minimum atomic E-state index is 0.865. The van der Waals surface area contributed by atoms with Gasteiger partial charge in [-0.05, 0) is 41.8 Å². The van der Waals surface area contributed by atoms with E-state index in [1.54, 1.807) is 7.11 Å². The Balaban J connectivity index is 2.08. The SMILES string of the molecule is COc1ccc(-c2ccncc2-c2ccc(C)cc2)cc1. The molecule has 2 nitrogen and oxygen atoms in total. The van der Waals surface area contributed by atoms with Crippen LogP contribution in [-0.2, 0) is 0 Å². The fourth-order valence-electron chi connectivity index (χ4n) is 2.38. The van der Waals surface area contributed by atoms with Crippen LogP contribution >= 0.6 is 0 Å². The number of nitrogens with zero attached hydrogens (tertiary/aromatic N) is 1. The summed E-state index contributed by atoms with van der Waals surface area (Å²) in [7, 11) is 1.68. The molecule has 0 atom stereocenters. The van der Waals surface area contributed by atoms with Gasteiger partial charge < -0.3 is 4.74 Å². The minimum Gasteiger partial charge on any atom is -0.497 e. The molecular weight excluding hydrogens is 258 g/mol. The summed E-state index contributed by atoms with van der Waals surface area (Å²) in [6.45, 7) is 2.09. The first-order valence-corrected chi connectivity index (χ1v) is 6.93. The third-order valence-electron chi connectivity index (χ3n) is 3.58. The predicted molar refractivity (Wildman–Crippen MR) is 86.4 cm³/mol. The molecule has 0 unspecified atom stereocenters. The molecule has 1 heterocycles. The summed E-state index contributed by atoms with van der Waals surface area (Å²) >= 11 is 0. The van der Waals surface area contributed by atoms with E-state index in [1.807, 2.05) is 24.5 Å². The molecule has 0 spiro atoms. The van der Waals surface area contributed by atoms with Crippen LogP contribution in [0.3, 0.4) is 0 Å². The van der Waals surface area contributed by atoms with E-state index in [2.05, 4.69) is 54.4 Å². The van der Waals surface area contributed by atoms with Crippen molar-refractivity contribution in [3.63, 3.8) is 0 Å². The van der Waals surface area contributed by atoms with Crippen LogP contribution in [0.5, 0.6) is 5.75 Å². The average molecular weight is 275 g/mol. The molecule has 3 aromatic rings. The van der Waals surface area contributed by atoms with E-state index < -0.39 is 0 Å². The molecule has 21 heavy (non-hydrogen) atoms. The fourth-order valence-corrected chi connectivity index (χ4v) is 2.38. The number of aryl methyl sites for hydroxylation is 1. The van der Waals surface area contributed by atoms with Crippen LogP contribution in [0.2, 0.25) is 0 Å². The molecule has 0 aliphatic heterocycles. The van der Waals surface area contributed by atoms with E-state index in [0.717, 1.165) is 16.9 Å². The Labute approximate surface area is 125 Å². The molecule has 1 aromatic heterocycles. The maximum absolute atomic E-state index is 5.22. The van der Waals surface area contributed by atoms with Crippen molar-refractivity contribution in [1.82, 2.24) is 4.98 Å². The zero-order valence-corrected chi connectivity index (χ0v) is 12.2. The van der Waals surface area contributed by atoms with E-state index in [9.17, 15) is 0 Å². The van der Waals surface area contributed by atoms with Gasteiger partial charge in [-0.2, -0.15) is 0 Å². The monoisotopic (exact) mass is 275 g/mol. The number of pyridine rings is 1. The Bertz CT molecular complexity index is 730. The number of hydrogen-bond donors (Lipinski definition) is 0. The number of aromatic nitrogens is 1. The molecule has 0 radical (unpaired) electrons. The largest absolute Gasteiger partial charge is 0.497 e. The maximum Gasteiger partial charge on any atom is 0.118 e. The molecule has 104 valence electrons. The van der Waals surface area contributed by atoms with Gasteiger partial charge in [0.15, 0.2) is 0 Å². The van der Waals surface area contributed by atoms with Gasteiger partial charge >= 0.3 is 0 Å². The Kier molecular flexibility index (Phi) is 3.69. The molecule has 0 saturated heterocycles. The van der Waals surface area contributed by atoms with Crippen LogP contribution in [0.4, 0.5) is 0 Å². The maximum atomic E-state index is 5.22. The average Bonchev–Trinajstić information content (AvgIpc) is 2.56. The normalized spacial score (nSPS) is 10.4. The zero-order valence-electron chi connectivity index (χ0n) is 12.2. The quantitative estimate of drug-likeness (QED) is 0.689. The first kappa shape index (κ1) is 13.4. The lowest BCUT2D eigenvalue weighted by atomic mass is 9.96. The highest BCUT2D eigenvalue weighted by Gasteiger charge is 2.07. The molecule has 0 saturated carbocycles. The van der Waals surface area contributed by atoms with E-state index in [1.165, 1.54) is 16.7 Å². The van der Waals surface area contributed by atoms with Crippen molar-refractivity contribution in [1.29, 1.82) is 0 Å². The Morgan fingerprint density at radius 3 is 2.05 bits per heavy atom. The molecule has 0 amide bonds. The van der Waals surface area contributed by atoms with Gasteiger partial charge in [0, 0.05) is 18.0 Å². The van der Waals surface area contributed by atoms with Crippen LogP contribution in [0.25, 0.3) is 22.3 Å². The highest BCUT2D eigenvalue weighted by Crippen LogP contribution is 2.32. The Hall–Kier alpha value is -2.61. The Morgan fingerprint density at radius 1 is 0.762 bits per heavy atom. The number of rotatable bonds is 3. The summed E-state index contributed by atoms with van der Waals surface area (Å²) in [6, 6.07) is 18.7. The van der Waals surface area contributed by atoms with Gasteiger partial charge in [-0.1, -0.05) is 42.0 Å². The van der Waals surface area contributed by atoms with Gasteiger partial charge in [0.25, 0.3) is 0 Å². The van der Waals surface area contributed by atoms with Crippen molar-refractivity contribution >= 4 is 0 Å². The lowest BCUT2D eigenvalue weighted by Crippen LogP contribution is -1.88. The fraction of sp³-hybridized carbons (Fsp3) is 0.105. The molecule has 0 bridgehead atoms. The van der Waals surface area contributed by atoms with Gasteiger partial charge in [-0.3, -0.25) is 4.98 Å². The van der Waals surface area contributed by atoms with E-state index in [4.69, 9.17) is 4.74 Å². The molecule has 2 heteroatoms. The van der Waals surface area contributed by atoms with E-state index >= 15 is 0 Å². The second-order valence-corrected chi connectivity index (χ2v) is 5.02. The topological polar surface area (TPSA) is 22.1 Å². The van der Waals surface area contributed by atoms with Crippen molar-refractivity contribution in [2.24, 2.45) is 0 Å². The summed E-state index contributed by atoms with van der Waals surface area (Å²) < 4.78 is 5.22. The molecule has 0 fully saturated rings. The zero-order chi connectivity index (χ0) is 14.7. The van der Waals surface area contributed by atoms with Gasteiger partial charge in [0.2, 0.25) is 0 Å². The standard InChI is InChI=1S/C19H17NO/c1-14-3-5-16(6-4-14)19-13-20-12-11-18(19)15-7-9-17(21-2)10-8-15/h3-13H,1-2H3. The summed E-state index contributed by atoms with van der Waals surface area (Å²) in [5.74, 6) is 0.865. The minimum absolute atomic E-state index is 0.865. The summed E-state index contributed by atoms with van der Waals surface area (Å²) in [4.78, 5) is 4.28. The van der Waals surface area contributed by atoms with Gasteiger partial charge in [-0.25, -0.2) is 0 Å². The molecular formula is C19H17NO. The Morgan fingerprint density at radius 2 is 1.38 bits per heavy atom. The summed E-state index contributed by atoms with van der Waals surface area (Å²) in [5, 5.41) is 0. The number of benzene rings is 2. The predicted octanol–water partition coefficient (Wildman–Crippen LogP) is 4.73. The van der Waals surface area contributed by atoms with Crippen LogP contribution in [0.1, 0.15) is 5.56 Å². The highest BCUT2D eigenvalue weighted by atomic mass is 16.5. The van der Waals surface area contributed by atoms with Crippen molar-refractivity contribution in [2.75, 3.05) is 7.11 Å². The van der Waals surface area contributed by atoms with Crippen LogP contribution in [0, 0.1) is 6.92 Å². The van der Waals surface area contributed by atoms with E-state index in [-0.39, 0.29) is 0 Å². The number of hydrogen-bond acceptors (Lipinski definition) is 2. The van der Waals surface area contributed by atoms with Gasteiger partial charge in [0.1, 0.15) is 5.75 Å².